The minimum Gasteiger partial charge on any atom is -0.457 e. The largest absolute Gasteiger partial charge is 0.457 e. The SMILES string of the molecule is CCN(CC)S(=O)(=O)c1ccc(C(=O)OCc2cc3c(cc2Br)OCO3)cc1. The monoisotopic (exact) mass is 469 g/mol. The van der Waals surface area contributed by atoms with Gasteiger partial charge in [0.1, 0.15) is 6.61 Å². The second-order valence-electron chi connectivity index (χ2n) is 5.99. The zero-order valence-electron chi connectivity index (χ0n) is 15.5. The Hall–Kier alpha value is -2.10. The van der Waals surface area contributed by atoms with E-state index in [-0.39, 0.29) is 23.9 Å². The van der Waals surface area contributed by atoms with Crippen LogP contribution in [-0.4, -0.2) is 38.6 Å². The summed E-state index contributed by atoms with van der Waals surface area (Å²) in [6.45, 7) is 4.52. The summed E-state index contributed by atoms with van der Waals surface area (Å²) in [5.41, 5.74) is 1.01. The second kappa shape index (κ2) is 8.50. The Kier molecular flexibility index (Phi) is 6.26. The average molecular weight is 470 g/mol. The maximum atomic E-state index is 12.5. The van der Waals surface area contributed by atoms with Gasteiger partial charge >= 0.3 is 5.97 Å². The van der Waals surface area contributed by atoms with Gasteiger partial charge in [0.2, 0.25) is 16.8 Å². The van der Waals surface area contributed by atoms with Crippen LogP contribution in [0.2, 0.25) is 0 Å². The Morgan fingerprint density at radius 2 is 1.71 bits per heavy atom. The summed E-state index contributed by atoms with van der Waals surface area (Å²) in [4.78, 5) is 12.5. The molecule has 0 aliphatic carbocycles. The molecule has 0 bridgehead atoms. The maximum Gasteiger partial charge on any atom is 0.338 e. The number of carbonyl (C=O) groups excluding carboxylic acids is 1. The molecule has 7 nitrogen and oxygen atoms in total. The summed E-state index contributed by atoms with van der Waals surface area (Å²) in [5, 5.41) is 0. The van der Waals surface area contributed by atoms with Crippen LogP contribution < -0.4 is 9.47 Å². The van der Waals surface area contributed by atoms with Gasteiger partial charge in [-0.3, -0.25) is 0 Å². The van der Waals surface area contributed by atoms with E-state index in [1.54, 1.807) is 26.0 Å². The van der Waals surface area contributed by atoms with Gasteiger partial charge in [0.15, 0.2) is 11.5 Å². The molecule has 2 aromatic carbocycles. The number of fused-ring (bicyclic) bond motifs is 1. The van der Waals surface area contributed by atoms with Crippen molar-refractivity contribution < 1.29 is 27.4 Å². The molecule has 0 amide bonds. The number of benzene rings is 2. The van der Waals surface area contributed by atoms with E-state index in [4.69, 9.17) is 14.2 Å². The van der Waals surface area contributed by atoms with Gasteiger partial charge in [-0.2, -0.15) is 4.31 Å². The van der Waals surface area contributed by atoms with Gasteiger partial charge in [-0.25, -0.2) is 13.2 Å². The lowest BCUT2D eigenvalue weighted by atomic mass is 10.2. The van der Waals surface area contributed by atoms with Crippen molar-refractivity contribution in [1.82, 2.24) is 4.31 Å². The van der Waals surface area contributed by atoms with Gasteiger partial charge in [0.25, 0.3) is 0 Å². The van der Waals surface area contributed by atoms with Crippen molar-refractivity contribution in [3.63, 3.8) is 0 Å². The van der Waals surface area contributed by atoms with Crippen LogP contribution in [0.15, 0.2) is 45.8 Å². The molecule has 0 unspecified atom stereocenters. The number of rotatable bonds is 7. The molecule has 0 saturated carbocycles. The van der Waals surface area contributed by atoms with Crippen molar-refractivity contribution >= 4 is 31.9 Å². The Morgan fingerprint density at radius 3 is 2.32 bits per heavy atom. The van der Waals surface area contributed by atoms with Crippen LogP contribution in [0.1, 0.15) is 29.8 Å². The smallest absolute Gasteiger partial charge is 0.338 e. The molecule has 1 aliphatic heterocycles. The molecule has 1 heterocycles. The lowest BCUT2D eigenvalue weighted by Crippen LogP contribution is -2.30. The highest BCUT2D eigenvalue weighted by molar-refractivity contribution is 9.10. The van der Waals surface area contributed by atoms with E-state index in [1.807, 2.05) is 0 Å². The first-order chi connectivity index (χ1) is 13.4. The molecule has 2 aromatic rings. The Morgan fingerprint density at radius 1 is 1.11 bits per heavy atom. The summed E-state index contributed by atoms with van der Waals surface area (Å²) < 4.78 is 43.1. The quantitative estimate of drug-likeness (QED) is 0.576. The molecule has 150 valence electrons. The van der Waals surface area contributed by atoms with Crippen molar-refractivity contribution in [3.05, 3.63) is 52.0 Å². The average Bonchev–Trinajstić information content (AvgIpc) is 3.13. The van der Waals surface area contributed by atoms with Crippen LogP contribution >= 0.6 is 15.9 Å². The van der Waals surface area contributed by atoms with Crippen molar-refractivity contribution in [1.29, 1.82) is 0 Å². The summed E-state index contributed by atoms with van der Waals surface area (Å²) in [5.74, 6) is 0.684. The van der Waals surface area contributed by atoms with E-state index < -0.39 is 16.0 Å². The normalized spacial score (nSPS) is 13.0. The zero-order chi connectivity index (χ0) is 20.3. The van der Waals surface area contributed by atoms with Gasteiger partial charge in [-0.15, -0.1) is 0 Å². The Labute approximate surface area is 172 Å². The summed E-state index contributed by atoms with van der Waals surface area (Å²) >= 11 is 3.42. The summed E-state index contributed by atoms with van der Waals surface area (Å²) in [6, 6.07) is 9.25. The maximum absolute atomic E-state index is 12.5. The van der Waals surface area contributed by atoms with E-state index in [9.17, 15) is 13.2 Å². The van der Waals surface area contributed by atoms with E-state index in [0.717, 1.165) is 10.0 Å². The Balaban J connectivity index is 1.69. The van der Waals surface area contributed by atoms with Crippen molar-refractivity contribution in [2.45, 2.75) is 25.3 Å². The van der Waals surface area contributed by atoms with Crippen molar-refractivity contribution in [3.8, 4) is 11.5 Å². The lowest BCUT2D eigenvalue weighted by Gasteiger charge is -2.18. The topological polar surface area (TPSA) is 82.1 Å². The lowest BCUT2D eigenvalue weighted by molar-refractivity contribution is 0.0471. The fourth-order valence-corrected chi connectivity index (χ4v) is 4.67. The van der Waals surface area contributed by atoms with Crippen molar-refractivity contribution in [2.75, 3.05) is 19.9 Å². The highest BCUT2D eigenvalue weighted by atomic mass is 79.9. The van der Waals surface area contributed by atoms with Crippen LogP contribution in [0.25, 0.3) is 0 Å². The van der Waals surface area contributed by atoms with Gasteiger partial charge in [-0.1, -0.05) is 29.8 Å². The Bertz CT molecular complexity index is 971. The first-order valence-corrected chi connectivity index (χ1v) is 11.0. The molecule has 3 rings (SSSR count). The van der Waals surface area contributed by atoms with Crippen LogP contribution in [0.4, 0.5) is 0 Å². The molecule has 0 atom stereocenters. The zero-order valence-corrected chi connectivity index (χ0v) is 17.9. The number of esters is 1. The standard InChI is InChI=1S/C19H20BrNO6S/c1-3-21(4-2)28(23,24)15-7-5-13(6-8-15)19(22)25-11-14-9-17-18(10-16(14)20)27-12-26-17/h5-10H,3-4,11-12H2,1-2H3. The number of nitrogens with zero attached hydrogens (tertiary/aromatic N) is 1. The highest BCUT2D eigenvalue weighted by Gasteiger charge is 2.22. The fourth-order valence-electron chi connectivity index (χ4n) is 2.77. The molecule has 0 aromatic heterocycles. The highest BCUT2D eigenvalue weighted by Crippen LogP contribution is 2.37. The fraction of sp³-hybridized carbons (Fsp3) is 0.316. The minimum atomic E-state index is -3.56. The third-order valence-corrected chi connectivity index (χ3v) is 7.14. The van der Waals surface area contributed by atoms with Crippen LogP contribution in [0.5, 0.6) is 11.5 Å². The first-order valence-electron chi connectivity index (χ1n) is 8.72. The van der Waals surface area contributed by atoms with E-state index in [1.165, 1.54) is 28.6 Å². The predicted octanol–water partition coefficient (Wildman–Crippen LogP) is 3.57. The number of hydrogen-bond acceptors (Lipinski definition) is 6. The van der Waals surface area contributed by atoms with Gasteiger partial charge in [0.05, 0.1) is 10.5 Å². The van der Waals surface area contributed by atoms with E-state index >= 15 is 0 Å². The van der Waals surface area contributed by atoms with Gasteiger partial charge < -0.3 is 14.2 Å². The number of sulfonamides is 1. The number of carbonyl (C=O) groups is 1. The molecular weight excluding hydrogens is 450 g/mol. The molecule has 28 heavy (non-hydrogen) atoms. The molecule has 0 radical (unpaired) electrons. The third kappa shape index (κ3) is 4.16. The van der Waals surface area contributed by atoms with Crippen LogP contribution in [0.3, 0.4) is 0 Å². The molecule has 0 saturated heterocycles. The molecule has 0 spiro atoms. The van der Waals surface area contributed by atoms with E-state index in [0.29, 0.717) is 24.6 Å². The minimum absolute atomic E-state index is 0.0373. The first kappa shape index (κ1) is 20.6. The number of hydrogen-bond donors (Lipinski definition) is 0. The van der Waals surface area contributed by atoms with Crippen LogP contribution in [0, 0.1) is 0 Å². The molecular formula is C19H20BrNO6S. The van der Waals surface area contributed by atoms with Gasteiger partial charge in [-0.05, 0) is 36.4 Å². The molecule has 9 heteroatoms. The third-order valence-electron chi connectivity index (χ3n) is 4.33. The molecule has 1 aliphatic rings. The number of ether oxygens (including phenoxy) is 3. The predicted molar refractivity (Wildman–Crippen MR) is 106 cm³/mol. The van der Waals surface area contributed by atoms with Gasteiger partial charge in [0, 0.05) is 23.1 Å². The number of halogens is 1. The molecule has 0 N–H and O–H groups in total. The summed E-state index contributed by atoms with van der Waals surface area (Å²) in [7, 11) is -3.56. The second-order valence-corrected chi connectivity index (χ2v) is 8.78. The van der Waals surface area contributed by atoms with Crippen LogP contribution in [-0.2, 0) is 21.4 Å². The molecule has 0 fully saturated rings. The summed E-state index contributed by atoms with van der Waals surface area (Å²) in [6.07, 6.45) is 0. The van der Waals surface area contributed by atoms with E-state index in [2.05, 4.69) is 15.9 Å². The van der Waals surface area contributed by atoms with Crippen molar-refractivity contribution in [2.24, 2.45) is 0 Å².